The lowest BCUT2D eigenvalue weighted by molar-refractivity contribution is -0.131. The van der Waals surface area contributed by atoms with E-state index in [0.717, 1.165) is 41.9 Å². The van der Waals surface area contributed by atoms with Gasteiger partial charge in [-0.3, -0.25) is 19.3 Å². The van der Waals surface area contributed by atoms with Crippen molar-refractivity contribution >= 4 is 17.3 Å². The molecule has 218 valence electrons. The Morgan fingerprint density at radius 1 is 1.07 bits per heavy atom. The van der Waals surface area contributed by atoms with Crippen molar-refractivity contribution in [1.29, 1.82) is 0 Å². The quantitative estimate of drug-likeness (QED) is 0.280. The van der Waals surface area contributed by atoms with Crippen LogP contribution in [0.2, 0.25) is 0 Å². The molecule has 2 aromatic carbocycles. The Labute approximate surface area is 237 Å². The van der Waals surface area contributed by atoms with Crippen LogP contribution in [-0.2, 0) is 22.6 Å². The first-order chi connectivity index (χ1) is 19.2. The Bertz CT molecular complexity index is 1200. The van der Waals surface area contributed by atoms with Crippen molar-refractivity contribution in [3.05, 3.63) is 47.0 Å². The van der Waals surface area contributed by atoms with E-state index in [0.29, 0.717) is 24.2 Å². The van der Waals surface area contributed by atoms with Gasteiger partial charge in [0, 0.05) is 31.1 Å². The number of benzene rings is 2. The summed E-state index contributed by atoms with van der Waals surface area (Å²) >= 11 is 0. The van der Waals surface area contributed by atoms with E-state index < -0.39 is 12.5 Å². The van der Waals surface area contributed by atoms with E-state index in [-0.39, 0.29) is 60.8 Å². The number of carbonyl (C=O) groups is 3. The van der Waals surface area contributed by atoms with Gasteiger partial charge in [0.1, 0.15) is 23.1 Å². The molecule has 40 heavy (non-hydrogen) atoms. The predicted octanol–water partition coefficient (Wildman–Crippen LogP) is 4.20. The minimum absolute atomic E-state index is 0.0581. The number of ether oxygens (including phenoxy) is 1. The second kappa shape index (κ2) is 14.5. The lowest BCUT2D eigenvalue weighted by atomic mass is 9.72. The average Bonchev–Trinajstić information content (AvgIpc) is 2.91. The zero-order chi connectivity index (χ0) is 29.4. The fraction of sp³-hybridized carbons (Fsp3) is 0.531. The normalized spacial score (nSPS) is 16.5. The number of aromatic hydroxyl groups is 1. The van der Waals surface area contributed by atoms with Crippen LogP contribution in [0.4, 0.5) is 0 Å². The van der Waals surface area contributed by atoms with Gasteiger partial charge in [0.15, 0.2) is 5.78 Å². The van der Waals surface area contributed by atoms with Gasteiger partial charge >= 0.3 is 0 Å². The number of phenols is 1. The molecule has 0 heterocycles. The molecule has 3 unspecified atom stereocenters. The smallest absolute Gasteiger partial charge is 0.167 e. The number of hydrogen-bond donors (Lipinski definition) is 3. The summed E-state index contributed by atoms with van der Waals surface area (Å²) in [6.07, 6.45) is 1.11. The summed E-state index contributed by atoms with van der Waals surface area (Å²) in [6.45, 7) is 7.59. The highest BCUT2D eigenvalue weighted by Gasteiger charge is 2.35. The largest absolute Gasteiger partial charge is 0.507 e. The van der Waals surface area contributed by atoms with Crippen molar-refractivity contribution in [3.63, 3.8) is 0 Å². The molecule has 8 nitrogen and oxygen atoms in total. The van der Waals surface area contributed by atoms with E-state index in [1.165, 1.54) is 6.92 Å². The molecule has 3 atom stereocenters. The molecule has 0 saturated carbocycles. The third kappa shape index (κ3) is 7.36. The second-order valence-corrected chi connectivity index (χ2v) is 10.8. The van der Waals surface area contributed by atoms with Crippen molar-refractivity contribution in [1.82, 2.24) is 4.90 Å². The van der Waals surface area contributed by atoms with Crippen LogP contribution in [0, 0.1) is 17.8 Å². The molecule has 0 aromatic heterocycles. The zero-order valence-electron chi connectivity index (χ0n) is 24.1. The number of Topliss-reactive ketones (excluding diaryl/α,β-unsaturated/α-hetero) is 3. The van der Waals surface area contributed by atoms with Gasteiger partial charge < -0.3 is 20.1 Å². The summed E-state index contributed by atoms with van der Waals surface area (Å²) in [4.78, 5) is 40.0. The number of aliphatic hydroxyl groups excluding tert-OH is 2. The SMILES string of the molecule is CCN(CC)Cc1ccc(OC)c(-c2ccc(O)c3c2CC(CC(CCO)C(CO)C(=O)CC(C)=O)CC3=O)c1. The fourth-order valence-corrected chi connectivity index (χ4v) is 6.04. The van der Waals surface area contributed by atoms with Crippen LogP contribution in [0.3, 0.4) is 0 Å². The van der Waals surface area contributed by atoms with Crippen LogP contribution in [0.5, 0.6) is 11.5 Å². The Morgan fingerprint density at radius 3 is 2.40 bits per heavy atom. The van der Waals surface area contributed by atoms with Gasteiger partial charge in [0.05, 0.1) is 25.7 Å². The number of phenolic OH excluding ortho intramolecular Hbond substituents is 1. The minimum Gasteiger partial charge on any atom is -0.507 e. The summed E-state index contributed by atoms with van der Waals surface area (Å²) in [5.74, 6) is -1.52. The van der Waals surface area contributed by atoms with Gasteiger partial charge in [-0.2, -0.15) is 0 Å². The van der Waals surface area contributed by atoms with Crippen molar-refractivity contribution in [2.45, 2.75) is 59.4 Å². The molecule has 2 aromatic rings. The van der Waals surface area contributed by atoms with Crippen molar-refractivity contribution < 1.29 is 34.4 Å². The maximum atomic E-state index is 13.4. The van der Waals surface area contributed by atoms with Crippen LogP contribution in [0.15, 0.2) is 30.3 Å². The van der Waals surface area contributed by atoms with Gasteiger partial charge in [0.25, 0.3) is 0 Å². The molecular weight excluding hydrogens is 510 g/mol. The molecule has 1 aliphatic carbocycles. The van der Waals surface area contributed by atoms with E-state index in [9.17, 15) is 29.7 Å². The highest BCUT2D eigenvalue weighted by molar-refractivity contribution is 6.03. The lowest BCUT2D eigenvalue weighted by Crippen LogP contribution is -2.32. The topological polar surface area (TPSA) is 124 Å². The molecule has 3 N–H and O–H groups in total. The lowest BCUT2D eigenvalue weighted by Gasteiger charge is -2.32. The van der Waals surface area contributed by atoms with Gasteiger partial charge in [0.2, 0.25) is 0 Å². The molecule has 0 amide bonds. The van der Waals surface area contributed by atoms with E-state index in [1.807, 2.05) is 18.2 Å². The van der Waals surface area contributed by atoms with Crippen LogP contribution in [0.1, 0.15) is 67.9 Å². The first-order valence-corrected chi connectivity index (χ1v) is 14.2. The highest BCUT2D eigenvalue weighted by Crippen LogP contribution is 2.43. The Hall–Kier alpha value is -3.07. The standard InChI is InChI=1S/C32H43NO7/c1-5-33(6-2)18-21-7-10-31(40-4)25(15-21)24-8-9-28(37)32-26(24)16-22(17-30(32)39)14-23(11-12-34)27(19-35)29(38)13-20(3)36/h7-10,15,22-23,27,34-35,37H,5-6,11-14,16-19H2,1-4H3. The maximum Gasteiger partial charge on any atom is 0.167 e. The van der Waals surface area contributed by atoms with Crippen LogP contribution >= 0.6 is 0 Å². The number of fused-ring (bicyclic) bond motifs is 1. The summed E-state index contributed by atoms with van der Waals surface area (Å²) < 4.78 is 5.71. The molecular formula is C32H43NO7. The summed E-state index contributed by atoms with van der Waals surface area (Å²) in [6, 6.07) is 9.42. The number of ketones is 3. The maximum absolute atomic E-state index is 13.4. The fourth-order valence-electron chi connectivity index (χ4n) is 6.04. The van der Waals surface area contributed by atoms with Gasteiger partial charge in [-0.05, 0) is 86.0 Å². The van der Waals surface area contributed by atoms with E-state index in [4.69, 9.17) is 4.74 Å². The minimum atomic E-state index is -0.784. The number of aliphatic hydroxyl groups is 2. The summed E-state index contributed by atoms with van der Waals surface area (Å²) in [5, 5.41) is 30.4. The Morgan fingerprint density at radius 2 is 1.80 bits per heavy atom. The van der Waals surface area contributed by atoms with Gasteiger partial charge in [-0.15, -0.1) is 0 Å². The number of carbonyl (C=O) groups excluding carboxylic acids is 3. The van der Waals surface area contributed by atoms with Gasteiger partial charge in [-0.1, -0.05) is 26.0 Å². The molecule has 0 saturated heterocycles. The molecule has 0 aliphatic heterocycles. The molecule has 0 radical (unpaired) electrons. The number of nitrogens with zero attached hydrogens (tertiary/aromatic N) is 1. The molecule has 0 spiro atoms. The average molecular weight is 554 g/mol. The number of methoxy groups -OCH3 is 1. The Kier molecular flexibility index (Phi) is 11.4. The van der Waals surface area contributed by atoms with Crippen molar-refractivity contribution in [2.24, 2.45) is 17.8 Å². The van der Waals surface area contributed by atoms with Crippen molar-refractivity contribution in [3.8, 4) is 22.6 Å². The second-order valence-electron chi connectivity index (χ2n) is 10.8. The van der Waals surface area contributed by atoms with Crippen LogP contribution < -0.4 is 4.74 Å². The molecule has 0 bridgehead atoms. The van der Waals surface area contributed by atoms with Crippen LogP contribution in [-0.4, -0.2) is 71.0 Å². The zero-order valence-corrected chi connectivity index (χ0v) is 24.1. The number of rotatable bonds is 15. The van der Waals surface area contributed by atoms with Gasteiger partial charge in [-0.25, -0.2) is 0 Å². The monoisotopic (exact) mass is 553 g/mol. The molecule has 0 fully saturated rings. The Balaban J connectivity index is 2.01. The van der Waals surface area contributed by atoms with Crippen molar-refractivity contribution in [2.75, 3.05) is 33.4 Å². The molecule has 3 rings (SSSR count). The first-order valence-electron chi connectivity index (χ1n) is 14.2. The van der Waals surface area contributed by atoms with E-state index >= 15 is 0 Å². The van der Waals surface area contributed by atoms with Crippen LogP contribution in [0.25, 0.3) is 11.1 Å². The van der Waals surface area contributed by atoms with E-state index in [1.54, 1.807) is 13.2 Å². The summed E-state index contributed by atoms with van der Waals surface area (Å²) in [5.41, 5.74) is 3.81. The number of hydrogen-bond acceptors (Lipinski definition) is 8. The third-order valence-electron chi connectivity index (χ3n) is 8.13. The first kappa shape index (κ1) is 31.5. The van der Waals surface area contributed by atoms with E-state index in [2.05, 4.69) is 24.8 Å². The predicted molar refractivity (Wildman–Crippen MR) is 154 cm³/mol. The highest BCUT2D eigenvalue weighted by atomic mass is 16.5. The molecule has 1 aliphatic rings. The summed E-state index contributed by atoms with van der Waals surface area (Å²) in [7, 11) is 1.61. The molecule has 8 heteroatoms. The third-order valence-corrected chi connectivity index (χ3v) is 8.13.